The number of nitrogens with zero attached hydrogens (tertiary/aromatic N) is 2. The minimum atomic E-state index is -0.599. The van der Waals surface area contributed by atoms with E-state index in [-0.39, 0.29) is 17.9 Å². The summed E-state index contributed by atoms with van der Waals surface area (Å²) in [6, 6.07) is 10.9. The quantitative estimate of drug-likeness (QED) is 0.594. The number of ether oxygens (including phenoxy) is 1. The van der Waals surface area contributed by atoms with E-state index in [2.05, 4.69) is 15.9 Å². The molecule has 0 aliphatic heterocycles. The van der Waals surface area contributed by atoms with Crippen molar-refractivity contribution >= 4 is 33.6 Å². The van der Waals surface area contributed by atoms with E-state index in [1.807, 2.05) is 64.6 Å². The lowest BCUT2D eigenvalue weighted by atomic mass is 10.0. The number of hydrogen-bond acceptors (Lipinski definition) is 4. The van der Waals surface area contributed by atoms with Crippen molar-refractivity contribution in [1.29, 1.82) is 0 Å². The highest BCUT2D eigenvalue weighted by Crippen LogP contribution is 2.26. The van der Waals surface area contributed by atoms with Gasteiger partial charge in [0.05, 0.1) is 6.54 Å². The summed E-state index contributed by atoms with van der Waals surface area (Å²) < 4.78 is 7.87. The Bertz CT molecular complexity index is 811. The van der Waals surface area contributed by atoms with Crippen LogP contribution < -0.4 is 4.90 Å². The summed E-state index contributed by atoms with van der Waals surface area (Å²) in [6.07, 6.45) is 1.19. The van der Waals surface area contributed by atoms with Gasteiger partial charge in [-0.05, 0) is 65.8 Å². The van der Waals surface area contributed by atoms with Crippen LogP contribution in [-0.4, -0.2) is 34.1 Å². The van der Waals surface area contributed by atoms with E-state index in [1.165, 1.54) is 4.57 Å². The smallest absolute Gasteiger partial charge is 0.420 e. The number of anilines is 1. The third kappa shape index (κ3) is 5.70. The average Bonchev–Trinajstić information content (AvgIpc) is 2.99. The molecule has 2 rings (SSSR count). The minimum Gasteiger partial charge on any atom is -0.443 e. The largest absolute Gasteiger partial charge is 0.443 e. The first kappa shape index (κ1) is 21.2. The van der Waals surface area contributed by atoms with Gasteiger partial charge in [0.2, 0.25) is 0 Å². The first-order valence-electron chi connectivity index (χ1n) is 8.85. The molecule has 1 aromatic heterocycles. The number of rotatable bonds is 4. The van der Waals surface area contributed by atoms with Crippen LogP contribution in [0.25, 0.3) is 0 Å². The summed E-state index contributed by atoms with van der Waals surface area (Å²) in [5, 5.41) is 0. The molecule has 1 heterocycles. The lowest BCUT2D eigenvalue weighted by Crippen LogP contribution is -2.46. The number of carbonyl (C=O) groups is 2. The van der Waals surface area contributed by atoms with Crippen molar-refractivity contribution in [2.45, 2.75) is 52.7 Å². The van der Waals surface area contributed by atoms with Crippen LogP contribution in [0.4, 0.5) is 10.6 Å². The van der Waals surface area contributed by atoms with Crippen LogP contribution >= 0.6 is 15.9 Å². The van der Waals surface area contributed by atoms with Gasteiger partial charge in [0.15, 0.2) is 5.78 Å². The molecule has 0 unspecified atom stereocenters. The second-order valence-electron chi connectivity index (χ2n) is 8.40. The predicted molar refractivity (Wildman–Crippen MR) is 112 cm³/mol. The topological polar surface area (TPSA) is 51.5 Å². The van der Waals surface area contributed by atoms with E-state index in [4.69, 9.17) is 4.74 Å². The van der Waals surface area contributed by atoms with E-state index in [0.717, 1.165) is 4.47 Å². The Balaban J connectivity index is 2.33. The van der Waals surface area contributed by atoms with Gasteiger partial charge in [-0.15, -0.1) is 0 Å². The highest BCUT2D eigenvalue weighted by atomic mass is 79.9. The van der Waals surface area contributed by atoms with Crippen LogP contribution in [0, 0.1) is 0 Å². The number of Topliss-reactive ketones (excluding diaryl/α,β-unsaturated/α-hetero) is 1. The van der Waals surface area contributed by atoms with Gasteiger partial charge >= 0.3 is 6.09 Å². The lowest BCUT2D eigenvalue weighted by molar-refractivity contribution is 0.0538. The van der Waals surface area contributed by atoms with Gasteiger partial charge in [0, 0.05) is 21.8 Å². The normalized spacial score (nSPS) is 12.0. The van der Waals surface area contributed by atoms with Crippen LogP contribution in [0.2, 0.25) is 0 Å². The first-order chi connectivity index (χ1) is 12.4. The molecule has 1 aromatic carbocycles. The summed E-state index contributed by atoms with van der Waals surface area (Å²) in [4.78, 5) is 27.3. The second kappa shape index (κ2) is 7.89. The standard InChI is InChI=1S/C21H27BrN2O3/c1-20(2,3)24(14-17(25)15-9-11-16(22)12-10-15)18-8-7-13-23(18)19(26)27-21(4,5)6/h7-13H,14H2,1-6H3. The van der Waals surface area contributed by atoms with Gasteiger partial charge in [0.1, 0.15) is 11.4 Å². The summed E-state index contributed by atoms with van der Waals surface area (Å²) in [5.41, 5.74) is -0.343. The van der Waals surface area contributed by atoms with E-state index in [1.54, 1.807) is 24.4 Å². The molecule has 0 fully saturated rings. The van der Waals surface area contributed by atoms with Crippen molar-refractivity contribution < 1.29 is 14.3 Å². The fourth-order valence-electron chi connectivity index (χ4n) is 2.59. The van der Waals surface area contributed by atoms with Crippen LogP contribution in [0.3, 0.4) is 0 Å². The van der Waals surface area contributed by atoms with Gasteiger partial charge in [0.25, 0.3) is 0 Å². The molecule has 0 saturated carbocycles. The van der Waals surface area contributed by atoms with E-state index >= 15 is 0 Å². The Morgan fingerprint density at radius 3 is 2.15 bits per heavy atom. The van der Waals surface area contributed by atoms with Crippen molar-refractivity contribution in [3.05, 3.63) is 52.6 Å². The molecule has 0 radical (unpaired) electrons. The van der Waals surface area contributed by atoms with Gasteiger partial charge in [-0.2, -0.15) is 0 Å². The average molecular weight is 435 g/mol. The number of carbonyl (C=O) groups excluding carboxylic acids is 2. The summed E-state index contributed by atoms with van der Waals surface area (Å²) >= 11 is 3.38. The number of aromatic nitrogens is 1. The molecular weight excluding hydrogens is 408 g/mol. The lowest BCUT2D eigenvalue weighted by Gasteiger charge is -2.37. The molecule has 0 aliphatic rings. The van der Waals surface area contributed by atoms with Crippen molar-refractivity contribution in [1.82, 2.24) is 4.57 Å². The number of halogens is 1. The maximum Gasteiger partial charge on any atom is 0.420 e. The fourth-order valence-corrected chi connectivity index (χ4v) is 2.85. The highest BCUT2D eigenvalue weighted by Gasteiger charge is 2.29. The Hall–Kier alpha value is -2.08. The molecule has 0 N–H and O–H groups in total. The Morgan fingerprint density at radius 1 is 1.04 bits per heavy atom. The van der Waals surface area contributed by atoms with Crippen molar-refractivity contribution in [3.8, 4) is 0 Å². The molecule has 0 aliphatic carbocycles. The van der Waals surface area contributed by atoms with Crippen molar-refractivity contribution in [3.63, 3.8) is 0 Å². The van der Waals surface area contributed by atoms with Crippen molar-refractivity contribution in [2.75, 3.05) is 11.4 Å². The maximum atomic E-state index is 12.8. The number of hydrogen-bond donors (Lipinski definition) is 0. The minimum absolute atomic E-state index is 0.0191. The number of ketones is 1. The van der Waals surface area contributed by atoms with E-state index in [0.29, 0.717) is 11.4 Å². The van der Waals surface area contributed by atoms with Gasteiger partial charge in [-0.25, -0.2) is 9.36 Å². The second-order valence-corrected chi connectivity index (χ2v) is 9.32. The molecule has 0 bridgehead atoms. The third-order valence-electron chi connectivity index (χ3n) is 3.87. The maximum absolute atomic E-state index is 12.8. The molecule has 0 saturated heterocycles. The Labute approximate surface area is 169 Å². The zero-order chi connectivity index (χ0) is 20.4. The summed E-state index contributed by atoms with van der Waals surface area (Å²) in [7, 11) is 0. The number of benzene rings is 1. The molecular formula is C21H27BrN2O3. The van der Waals surface area contributed by atoms with E-state index < -0.39 is 11.7 Å². The van der Waals surface area contributed by atoms with Crippen LogP contribution in [0.1, 0.15) is 51.9 Å². The predicted octanol–water partition coefficient (Wildman–Crippen LogP) is 5.52. The first-order valence-corrected chi connectivity index (χ1v) is 9.65. The molecule has 2 aromatic rings. The third-order valence-corrected chi connectivity index (χ3v) is 4.40. The molecule has 27 heavy (non-hydrogen) atoms. The molecule has 5 nitrogen and oxygen atoms in total. The SMILES string of the molecule is CC(C)(C)OC(=O)n1cccc1N(CC(=O)c1ccc(Br)cc1)C(C)(C)C. The van der Waals surface area contributed by atoms with Gasteiger partial charge < -0.3 is 9.64 Å². The van der Waals surface area contributed by atoms with Gasteiger partial charge in [-0.1, -0.05) is 28.1 Å². The Morgan fingerprint density at radius 2 is 1.63 bits per heavy atom. The van der Waals surface area contributed by atoms with E-state index in [9.17, 15) is 9.59 Å². The molecule has 6 heteroatoms. The molecule has 0 atom stereocenters. The molecule has 146 valence electrons. The van der Waals surface area contributed by atoms with Crippen LogP contribution in [0.15, 0.2) is 47.1 Å². The zero-order valence-electron chi connectivity index (χ0n) is 16.7. The summed E-state index contributed by atoms with van der Waals surface area (Å²) in [6.45, 7) is 11.7. The highest BCUT2D eigenvalue weighted by molar-refractivity contribution is 9.10. The molecule has 0 spiro atoms. The van der Waals surface area contributed by atoms with Crippen LogP contribution in [-0.2, 0) is 4.74 Å². The monoisotopic (exact) mass is 434 g/mol. The molecule has 0 amide bonds. The van der Waals surface area contributed by atoms with Crippen LogP contribution in [0.5, 0.6) is 0 Å². The summed E-state index contributed by atoms with van der Waals surface area (Å²) in [5.74, 6) is 0.608. The Kier molecular flexibility index (Phi) is 6.20. The van der Waals surface area contributed by atoms with Gasteiger partial charge in [-0.3, -0.25) is 4.79 Å². The van der Waals surface area contributed by atoms with Crippen molar-refractivity contribution in [2.24, 2.45) is 0 Å². The zero-order valence-corrected chi connectivity index (χ0v) is 18.3. The fraction of sp³-hybridized carbons (Fsp3) is 0.429.